The number of hydrogen-bond acceptors (Lipinski definition) is 4. The van der Waals surface area contributed by atoms with Crippen molar-refractivity contribution in [3.8, 4) is 0 Å². The zero-order chi connectivity index (χ0) is 26.2. The lowest BCUT2D eigenvalue weighted by atomic mass is 9.97. The van der Waals surface area contributed by atoms with Gasteiger partial charge in [0.25, 0.3) is 5.91 Å². The fourth-order valence-electron chi connectivity index (χ4n) is 4.87. The maximum Gasteiger partial charge on any atom is 0.305 e. The van der Waals surface area contributed by atoms with Gasteiger partial charge in [-0.25, -0.2) is 0 Å². The van der Waals surface area contributed by atoms with Crippen LogP contribution < -0.4 is 16.4 Å². The summed E-state index contributed by atoms with van der Waals surface area (Å²) >= 11 is 0. The highest BCUT2D eigenvalue weighted by Crippen LogP contribution is 2.33. The molecule has 0 fully saturated rings. The topological polar surface area (TPSA) is 120 Å². The van der Waals surface area contributed by atoms with Crippen LogP contribution in [0.4, 0.5) is 11.4 Å². The number of hydrogen-bond donors (Lipinski definition) is 5. The third-order valence-electron chi connectivity index (χ3n) is 6.58. The summed E-state index contributed by atoms with van der Waals surface area (Å²) in [5.41, 5.74) is 11.8. The number of nitrogens with two attached hydrogens (primary N) is 1. The first-order valence-corrected chi connectivity index (χ1v) is 12.7. The summed E-state index contributed by atoms with van der Waals surface area (Å²) < 4.78 is 0. The van der Waals surface area contributed by atoms with Crippen molar-refractivity contribution in [2.45, 2.75) is 45.1 Å². The molecule has 0 aliphatic carbocycles. The Morgan fingerprint density at radius 1 is 0.946 bits per heavy atom. The van der Waals surface area contributed by atoms with Crippen molar-refractivity contribution < 1.29 is 14.7 Å². The molecule has 7 heteroatoms. The van der Waals surface area contributed by atoms with Crippen LogP contribution in [-0.4, -0.2) is 34.6 Å². The van der Waals surface area contributed by atoms with Gasteiger partial charge in [-0.2, -0.15) is 0 Å². The molecule has 6 N–H and O–H groups in total. The van der Waals surface area contributed by atoms with E-state index >= 15 is 0 Å². The van der Waals surface area contributed by atoms with Gasteiger partial charge >= 0.3 is 5.97 Å². The largest absolute Gasteiger partial charge is 0.481 e. The predicted molar refractivity (Wildman–Crippen MR) is 149 cm³/mol. The van der Waals surface area contributed by atoms with Crippen LogP contribution >= 0.6 is 0 Å². The van der Waals surface area contributed by atoms with Gasteiger partial charge in [0.05, 0.1) is 23.4 Å². The minimum absolute atomic E-state index is 0.110. The lowest BCUT2D eigenvalue weighted by Gasteiger charge is -2.24. The fraction of sp³-hybridized carbons (Fsp3) is 0.267. The molecule has 3 aromatic carbocycles. The van der Waals surface area contributed by atoms with Gasteiger partial charge in [0.2, 0.25) is 0 Å². The Labute approximate surface area is 217 Å². The molecule has 7 nitrogen and oxygen atoms in total. The van der Waals surface area contributed by atoms with Crippen LogP contribution in [0.15, 0.2) is 72.9 Å². The molecular weight excluding hydrogens is 464 g/mol. The number of amides is 1. The Kier molecular flexibility index (Phi) is 8.46. The van der Waals surface area contributed by atoms with E-state index in [9.17, 15) is 14.7 Å². The lowest BCUT2D eigenvalue weighted by molar-refractivity contribution is -0.137. The predicted octanol–water partition coefficient (Wildman–Crippen LogP) is 5.37. The minimum Gasteiger partial charge on any atom is -0.481 e. The maximum absolute atomic E-state index is 12.4. The van der Waals surface area contributed by atoms with E-state index in [1.165, 1.54) is 5.56 Å². The lowest BCUT2D eigenvalue weighted by Crippen LogP contribution is -2.28. The SMILES string of the molecule is CCNc1c(CCCc2ccccc2)ccc(C(N)=O)c1N[C@H](CC(=O)O)Cc1c[nH]c2ccccc12. The van der Waals surface area contributed by atoms with Gasteiger partial charge < -0.3 is 26.5 Å². The van der Waals surface area contributed by atoms with E-state index in [0.717, 1.165) is 47.0 Å². The Balaban J connectivity index is 1.64. The van der Waals surface area contributed by atoms with E-state index in [1.54, 1.807) is 6.07 Å². The molecular formula is C30H34N4O3. The van der Waals surface area contributed by atoms with Crippen molar-refractivity contribution in [3.05, 3.63) is 95.2 Å². The van der Waals surface area contributed by atoms with Crippen LogP contribution in [0.1, 0.15) is 46.8 Å². The number of para-hydroxylation sites is 1. The molecule has 192 valence electrons. The van der Waals surface area contributed by atoms with E-state index in [0.29, 0.717) is 24.2 Å². The second-order valence-electron chi connectivity index (χ2n) is 9.26. The first kappa shape index (κ1) is 25.8. The molecule has 0 aliphatic rings. The first-order valence-electron chi connectivity index (χ1n) is 12.7. The second kappa shape index (κ2) is 12.1. The molecule has 0 bridgehead atoms. The number of aromatic nitrogens is 1. The number of carboxylic acid groups (broad SMARTS) is 1. The van der Waals surface area contributed by atoms with E-state index < -0.39 is 17.9 Å². The second-order valence-corrected chi connectivity index (χ2v) is 9.26. The maximum atomic E-state index is 12.4. The molecule has 0 spiro atoms. The molecule has 0 radical (unpaired) electrons. The van der Waals surface area contributed by atoms with Gasteiger partial charge in [-0.15, -0.1) is 0 Å². The number of primary amides is 1. The Bertz CT molecular complexity index is 1360. The van der Waals surface area contributed by atoms with Crippen LogP contribution in [0.2, 0.25) is 0 Å². The normalized spacial score (nSPS) is 11.8. The van der Waals surface area contributed by atoms with Crippen molar-refractivity contribution >= 4 is 34.2 Å². The van der Waals surface area contributed by atoms with Crippen LogP contribution in [0.5, 0.6) is 0 Å². The number of H-pyrrole nitrogens is 1. The van der Waals surface area contributed by atoms with Crippen molar-refractivity contribution in [3.63, 3.8) is 0 Å². The number of rotatable bonds is 13. The number of carbonyl (C=O) groups excluding carboxylic acids is 1. The number of aromatic amines is 1. The first-order chi connectivity index (χ1) is 18.0. The monoisotopic (exact) mass is 498 g/mol. The number of anilines is 2. The average Bonchev–Trinajstić information content (AvgIpc) is 3.28. The zero-order valence-electron chi connectivity index (χ0n) is 21.1. The van der Waals surface area contributed by atoms with E-state index in [1.807, 2.05) is 61.7 Å². The summed E-state index contributed by atoms with van der Waals surface area (Å²) in [4.78, 5) is 27.5. The molecule has 0 saturated heterocycles. The summed E-state index contributed by atoms with van der Waals surface area (Å²) in [7, 11) is 0. The van der Waals surface area contributed by atoms with Crippen LogP contribution in [0, 0.1) is 0 Å². The summed E-state index contributed by atoms with van der Waals surface area (Å²) in [6, 6.07) is 21.5. The zero-order valence-corrected chi connectivity index (χ0v) is 21.1. The van der Waals surface area contributed by atoms with Crippen LogP contribution in [0.3, 0.4) is 0 Å². The number of benzene rings is 3. The highest BCUT2D eigenvalue weighted by Gasteiger charge is 2.22. The van der Waals surface area contributed by atoms with Gasteiger partial charge in [-0.1, -0.05) is 54.6 Å². The Morgan fingerprint density at radius 2 is 1.70 bits per heavy atom. The summed E-state index contributed by atoms with van der Waals surface area (Å²) in [5.74, 6) is -1.47. The van der Waals surface area contributed by atoms with Gasteiger partial charge in [-0.05, 0) is 61.4 Å². The fourth-order valence-corrected chi connectivity index (χ4v) is 4.87. The number of aryl methyl sites for hydroxylation is 2. The number of carbonyl (C=O) groups is 2. The van der Waals surface area contributed by atoms with Crippen LogP contribution in [0.25, 0.3) is 10.9 Å². The van der Waals surface area contributed by atoms with Crippen LogP contribution in [-0.2, 0) is 24.1 Å². The Morgan fingerprint density at radius 3 is 2.43 bits per heavy atom. The Hall–Kier alpha value is -4.26. The molecule has 4 rings (SSSR count). The summed E-state index contributed by atoms with van der Waals surface area (Å²) in [5, 5.41) is 17.6. The van der Waals surface area contributed by atoms with Crippen molar-refractivity contribution in [1.29, 1.82) is 0 Å². The van der Waals surface area contributed by atoms with E-state index in [4.69, 9.17) is 5.73 Å². The third kappa shape index (κ3) is 6.50. The summed E-state index contributed by atoms with van der Waals surface area (Å²) in [6.45, 7) is 2.64. The highest BCUT2D eigenvalue weighted by molar-refractivity contribution is 6.02. The number of carboxylic acids is 1. The molecule has 1 aromatic heterocycles. The number of aliphatic carboxylic acids is 1. The third-order valence-corrected chi connectivity index (χ3v) is 6.58. The van der Waals surface area contributed by atoms with Gasteiger partial charge in [0.1, 0.15) is 0 Å². The molecule has 1 amide bonds. The molecule has 37 heavy (non-hydrogen) atoms. The minimum atomic E-state index is -0.915. The molecule has 0 aliphatic heterocycles. The van der Waals surface area contributed by atoms with E-state index in [-0.39, 0.29) is 6.42 Å². The van der Waals surface area contributed by atoms with Gasteiger partial charge in [-0.3, -0.25) is 9.59 Å². The molecule has 4 aromatic rings. The van der Waals surface area contributed by atoms with E-state index in [2.05, 4.69) is 27.8 Å². The van der Waals surface area contributed by atoms with Gasteiger partial charge in [0.15, 0.2) is 0 Å². The standard InChI is InChI=1S/C30H34N4O3/c1-2-32-28-21(12-8-11-20-9-4-3-5-10-20)15-16-25(30(31)37)29(28)34-23(18-27(35)36)17-22-19-33-26-14-7-6-13-24(22)26/h3-7,9-10,13-16,19,23,32-34H,2,8,11-12,17-18H2,1H3,(H2,31,37)(H,35,36)/t23-/m0/s1. The summed E-state index contributed by atoms with van der Waals surface area (Å²) in [6.07, 6.45) is 4.96. The highest BCUT2D eigenvalue weighted by atomic mass is 16.4. The molecule has 1 heterocycles. The smallest absolute Gasteiger partial charge is 0.305 e. The quantitative estimate of drug-likeness (QED) is 0.170. The average molecular weight is 499 g/mol. The van der Waals surface area contributed by atoms with Gasteiger partial charge in [0, 0.05) is 29.7 Å². The number of fused-ring (bicyclic) bond motifs is 1. The van der Waals surface area contributed by atoms with Crippen molar-refractivity contribution in [2.24, 2.45) is 5.73 Å². The molecule has 0 saturated carbocycles. The molecule has 0 unspecified atom stereocenters. The van der Waals surface area contributed by atoms with Crippen molar-refractivity contribution in [1.82, 2.24) is 4.98 Å². The van der Waals surface area contributed by atoms with Crippen molar-refractivity contribution in [2.75, 3.05) is 17.2 Å². The molecule has 1 atom stereocenters. The number of nitrogens with one attached hydrogen (secondary N) is 3.